The van der Waals surface area contributed by atoms with Gasteiger partial charge in [-0.15, -0.1) is 0 Å². The molecule has 0 bridgehead atoms. The molecule has 0 saturated heterocycles. The molecule has 0 aliphatic heterocycles. The van der Waals surface area contributed by atoms with Crippen molar-refractivity contribution in [2.24, 2.45) is 0 Å². The van der Waals surface area contributed by atoms with Gasteiger partial charge < -0.3 is 9.47 Å². The largest absolute Gasteiger partial charge is 0.496 e. The molecule has 126 valence electrons. The number of benzene rings is 3. The minimum Gasteiger partial charge on any atom is -0.496 e. The first kappa shape index (κ1) is 16.8. The number of hydrogen-bond acceptors (Lipinski definition) is 3. The molecular formula is C22H20O3. The lowest BCUT2D eigenvalue weighted by molar-refractivity contribution is 0.103. The highest BCUT2D eigenvalue weighted by Crippen LogP contribution is 2.24. The lowest BCUT2D eigenvalue weighted by Gasteiger charge is -2.10. The van der Waals surface area contributed by atoms with E-state index < -0.39 is 0 Å². The maximum absolute atomic E-state index is 12.9. The predicted molar refractivity (Wildman–Crippen MR) is 98.4 cm³/mol. The summed E-state index contributed by atoms with van der Waals surface area (Å²) in [5.74, 6) is 1.17. The zero-order chi connectivity index (χ0) is 17.6. The van der Waals surface area contributed by atoms with Crippen LogP contribution < -0.4 is 9.47 Å². The third-order valence-electron chi connectivity index (χ3n) is 3.94. The zero-order valence-corrected chi connectivity index (χ0v) is 14.4. The first-order valence-corrected chi connectivity index (χ1v) is 8.13. The number of ether oxygens (including phenoxy) is 2. The van der Waals surface area contributed by atoms with Crippen molar-refractivity contribution in [3.05, 3.63) is 95.1 Å². The van der Waals surface area contributed by atoms with E-state index in [9.17, 15) is 4.79 Å². The first-order chi connectivity index (χ1) is 12.2. The topological polar surface area (TPSA) is 35.5 Å². The second-order valence-electron chi connectivity index (χ2n) is 5.83. The summed E-state index contributed by atoms with van der Waals surface area (Å²) in [5, 5.41) is 0. The minimum atomic E-state index is -0.0780. The van der Waals surface area contributed by atoms with Crippen LogP contribution in [0.4, 0.5) is 0 Å². The van der Waals surface area contributed by atoms with Gasteiger partial charge >= 0.3 is 0 Å². The second-order valence-corrected chi connectivity index (χ2v) is 5.83. The SMILES string of the molecule is COc1ccc(C)cc1C(=O)c1cccc(OCc2ccccc2)c1. The van der Waals surface area contributed by atoms with Crippen molar-refractivity contribution in [2.45, 2.75) is 13.5 Å². The number of methoxy groups -OCH3 is 1. The summed E-state index contributed by atoms with van der Waals surface area (Å²) in [6.07, 6.45) is 0. The molecule has 3 aromatic rings. The van der Waals surface area contributed by atoms with Gasteiger partial charge in [0.1, 0.15) is 18.1 Å². The maximum atomic E-state index is 12.9. The molecule has 3 aromatic carbocycles. The summed E-state index contributed by atoms with van der Waals surface area (Å²) in [6, 6.07) is 22.8. The van der Waals surface area contributed by atoms with Crippen molar-refractivity contribution in [3.8, 4) is 11.5 Å². The number of hydrogen-bond donors (Lipinski definition) is 0. The van der Waals surface area contributed by atoms with Gasteiger partial charge in [-0.3, -0.25) is 4.79 Å². The van der Waals surface area contributed by atoms with E-state index in [1.165, 1.54) is 0 Å². The zero-order valence-electron chi connectivity index (χ0n) is 14.4. The molecule has 3 rings (SSSR count). The molecule has 0 N–H and O–H groups in total. The summed E-state index contributed by atoms with van der Waals surface area (Å²) in [6.45, 7) is 2.42. The van der Waals surface area contributed by atoms with Crippen molar-refractivity contribution in [3.63, 3.8) is 0 Å². The third kappa shape index (κ3) is 4.07. The Morgan fingerprint density at radius 2 is 1.72 bits per heavy atom. The van der Waals surface area contributed by atoms with Crippen LogP contribution in [0, 0.1) is 6.92 Å². The van der Waals surface area contributed by atoms with Crippen LogP contribution in [-0.2, 0) is 6.61 Å². The molecular weight excluding hydrogens is 312 g/mol. The van der Waals surface area contributed by atoms with Crippen molar-refractivity contribution in [1.82, 2.24) is 0 Å². The van der Waals surface area contributed by atoms with E-state index in [0.717, 1.165) is 11.1 Å². The van der Waals surface area contributed by atoms with Crippen LogP contribution in [0.25, 0.3) is 0 Å². The molecule has 0 aliphatic carbocycles. The van der Waals surface area contributed by atoms with Gasteiger partial charge in [0, 0.05) is 5.56 Å². The highest BCUT2D eigenvalue weighted by molar-refractivity contribution is 6.11. The monoisotopic (exact) mass is 332 g/mol. The Morgan fingerprint density at radius 1 is 0.920 bits per heavy atom. The Hall–Kier alpha value is -3.07. The van der Waals surface area contributed by atoms with Gasteiger partial charge in [0.25, 0.3) is 0 Å². The van der Waals surface area contributed by atoms with Gasteiger partial charge in [0.15, 0.2) is 5.78 Å². The standard InChI is InChI=1S/C22H20O3/c1-16-11-12-21(24-2)20(13-16)22(23)18-9-6-10-19(14-18)25-15-17-7-4-3-5-8-17/h3-14H,15H2,1-2H3. The van der Waals surface area contributed by atoms with Gasteiger partial charge in [0.05, 0.1) is 12.7 Å². The number of ketones is 1. The molecule has 0 aromatic heterocycles. The lowest BCUT2D eigenvalue weighted by atomic mass is 10.0. The smallest absolute Gasteiger partial charge is 0.196 e. The van der Waals surface area contributed by atoms with Crippen molar-refractivity contribution < 1.29 is 14.3 Å². The van der Waals surface area contributed by atoms with Crippen LogP contribution in [0.2, 0.25) is 0 Å². The van der Waals surface area contributed by atoms with E-state index >= 15 is 0 Å². The highest BCUT2D eigenvalue weighted by Gasteiger charge is 2.15. The van der Waals surface area contributed by atoms with E-state index in [0.29, 0.717) is 29.2 Å². The Labute approximate surface area is 147 Å². The van der Waals surface area contributed by atoms with Gasteiger partial charge in [-0.25, -0.2) is 0 Å². The average Bonchev–Trinajstić information content (AvgIpc) is 2.67. The maximum Gasteiger partial charge on any atom is 0.196 e. The van der Waals surface area contributed by atoms with Crippen LogP contribution in [0.5, 0.6) is 11.5 Å². The average molecular weight is 332 g/mol. The van der Waals surface area contributed by atoms with E-state index in [1.54, 1.807) is 19.2 Å². The second kappa shape index (κ2) is 7.67. The Balaban J connectivity index is 1.81. The summed E-state index contributed by atoms with van der Waals surface area (Å²) >= 11 is 0. The molecule has 0 radical (unpaired) electrons. The molecule has 3 nitrogen and oxygen atoms in total. The molecule has 0 atom stereocenters. The molecule has 0 saturated carbocycles. The molecule has 25 heavy (non-hydrogen) atoms. The third-order valence-corrected chi connectivity index (χ3v) is 3.94. The van der Waals surface area contributed by atoms with Gasteiger partial charge in [-0.2, -0.15) is 0 Å². The normalized spacial score (nSPS) is 10.3. The van der Waals surface area contributed by atoms with Crippen molar-refractivity contribution >= 4 is 5.78 Å². The predicted octanol–water partition coefficient (Wildman–Crippen LogP) is 4.81. The summed E-state index contributed by atoms with van der Waals surface area (Å²) in [5.41, 5.74) is 3.23. The van der Waals surface area contributed by atoms with Crippen LogP contribution in [0.1, 0.15) is 27.0 Å². The number of aryl methyl sites for hydroxylation is 1. The Morgan fingerprint density at radius 3 is 2.48 bits per heavy atom. The van der Waals surface area contributed by atoms with E-state index in [2.05, 4.69) is 0 Å². The van der Waals surface area contributed by atoms with E-state index in [4.69, 9.17) is 9.47 Å². The van der Waals surface area contributed by atoms with Crippen LogP contribution in [0.3, 0.4) is 0 Å². The number of carbonyl (C=O) groups excluding carboxylic acids is 1. The van der Waals surface area contributed by atoms with Crippen LogP contribution in [-0.4, -0.2) is 12.9 Å². The number of carbonyl (C=O) groups is 1. The molecule has 3 heteroatoms. The molecule has 0 unspecified atom stereocenters. The van der Waals surface area contributed by atoms with Crippen molar-refractivity contribution in [1.29, 1.82) is 0 Å². The summed E-state index contributed by atoms with van der Waals surface area (Å²) in [4.78, 5) is 12.9. The summed E-state index contributed by atoms with van der Waals surface area (Å²) in [7, 11) is 1.57. The van der Waals surface area contributed by atoms with E-state index in [-0.39, 0.29) is 5.78 Å². The fourth-order valence-electron chi connectivity index (χ4n) is 2.62. The van der Waals surface area contributed by atoms with Crippen LogP contribution in [0.15, 0.2) is 72.8 Å². The first-order valence-electron chi connectivity index (χ1n) is 8.13. The lowest BCUT2D eigenvalue weighted by Crippen LogP contribution is -2.05. The van der Waals surface area contributed by atoms with Gasteiger partial charge in [-0.1, -0.05) is 54.1 Å². The molecule has 0 spiro atoms. The fourth-order valence-corrected chi connectivity index (χ4v) is 2.62. The fraction of sp³-hybridized carbons (Fsp3) is 0.136. The molecule has 0 fully saturated rings. The van der Waals surface area contributed by atoms with Crippen LogP contribution >= 0.6 is 0 Å². The van der Waals surface area contributed by atoms with Gasteiger partial charge in [0.2, 0.25) is 0 Å². The quantitative estimate of drug-likeness (QED) is 0.608. The molecule has 0 aliphatic rings. The minimum absolute atomic E-state index is 0.0780. The Bertz CT molecular complexity index is 869. The molecule has 0 heterocycles. The highest BCUT2D eigenvalue weighted by atomic mass is 16.5. The van der Waals surface area contributed by atoms with Gasteiger partial charge in [-0.05, 0) is 36.8 Å². The Kier molecular flexibility index (Phi) is 5.14. The number of rotatable bonds is 6. The van der Waals surface area contributed by atoms with Crippen molar-refractivity contribution in [2.75, 3.05) is 7.11 Å². The molecule has 0 amide bonds. The summed E-state index contributed by atoms with van der Waals surface area (Å²) < 4.78 is 11.1. The van der Waals surface area contributed by atoms with E-state index in [1.807, 2.05) is 67.6 Å².